The van der Waals surface area contributed by atoms with Gasteiger partial charge in [0.1, 0.15) is 0 Å². The van der Waals surface area contributed by atoms with Crippen LogP contribution in [0.2, 0.25) is 0 Å². The minimum absolute atomic E-state index is 0.858. The van der Waals surface area contributed by atoms with Crippen molar-refractivity contribution in [2.75, 3.05) is 0 Å². The monoisotopic (exact) mass is 138 g/mol. The van der Waals surface area contributed by atoms with Crippen LogP contribution < -0.4 is 0 Å². The second-order valence-electron chi connectivity index (χ2n) is 3.60. The largest absolute Gasteiger partial charge is 0.0822 e. The summed E-state index contributed by atoms with van der Waals surface area (Å²) in [5, 5.41) is 0. The molecule has 58 valence electrons. The summed E-state index contributed by atoms with van der Waals surface area (Å²) < 4.78 is 0. The molecule has 0 amide bonds. The molecule has 0 heteroatoms. The highest BCUT2D eigenvalue weighted by Gasteiger charge is 2.18. The van der Waals surface area contributed by atoms with Crippen molar-refractivity contribution in [3.8, 4) is 0 Å². The zero-order valence-corrected chi connectivity index (χ0v) is 7.35. The summed E-state index contributed by atoms with van der Waals surface area (Å²) >= 11 is 0. The summed E-state index contributed by atoms with van der Waals surface area (Å²) in [6, 6.07) is 0. The first-order valence-corrected chi connectivity index (χ1v) is 4.42. The zero-order chi connectivity index (χ0) is 7.56. The SMILES string of the molecule is CCCC1C=C(C)C(C)C1. The van der Waals surface area contributed by atoms with Gasteiger partial charge in [-0.15, -0.1) is 0 Å². The molecule has 1 rings (SSSR count). The van der Waals surface area contributed by atoms with E-state index in [2.05, 4.69) is 26.8 Å². The average Bonchev–Trinajstić information content (AvgIpc) is 2.14. The lowest BCUT2D eigenvalue weighted by Gasteiger charge is -2.06. The van der Waals surface area contributed by atoms with Gasteiger partial charge < -0.3 is 0 Å². The van der Waals surface area contributed by atoms with E-state index in [1.807, 2.05) is 0 Å². The molecule has 0 aliphatic heterocycles. The van der Waals surface area contributed by atoms with Crippen LogP contribution in [0.5, 0.6) is 0 Å². The molecule has 1 aliphatic carbocycles. The Morgan fingerprint density at radius 1 is 1.60 bits per heavy atom. The maximum absolute atomic E-state index is 2.47. The van der Waals surface area contributed by atoms with Gasteiger partial charge in [-0.1, -0.05) is 31.9 Å². The Labute approximate surface area is 64.3 Å². The molecule has 0 bridgehead atoms. The second kappa shape index (κ2) is 3.23. The van der Waals surface area contributed by atoms with Crippen molar-refractivity contribution in [2.24, 2.45) is 11.8 Å². The fourth-order valence-corrected chi connectivity index (χ4v) is 1.82. The first-order chi connectivity index (χ1) is 4.74. The molecule has 0 nitrogen and oxygen atoms in total. The lowest BCUT2D eigenvalue weighted by molar-refractivity contribution is 0.506. The van der Waals surface area contributed by atoms with Crippen LogP contribution in [0.3, 0.4) is 0 Å². The quantitative estimate of drug-likeness (QED) is 0.513. The zero-order valence-electron chi connectivity index (χ0n) is 7.35. The van der Waals surface area contributed by atoms with Gasteiger partial charge in [0, 0.05) is 0 Å². The van der Waals surface area contributed by atoms with Crippen molar-refractivity contribution in [1.82, 2.24) is 0 Å². The van der Waals surface area contributed by atoms with Gasteiger partial charge in [0.25, 0.3) is 0 Å². The van der Waals surface area contributed by atoms with Crippen LogP contribution in [-0.2, 0) is 0 Å². The lowest BCUT2D eigenvalue weighted by atomic mass is 9.99. The highest BCUT2D eigenvalue weighted by atomic mass is 14.2. The minimum atomic E-state index is 0.858. The van der Waals surface area contributed by atoms with E-state index in [0.717, 1.165) is 11.8 Å². The van der Waals surface area contributed by atoms with Gasteiger partial charge in [0.05, 0.1) is 0 Å². The standard InChI is InChI=1S/C10H18/c1-4-5-10-6-8(2)9(3)7-10/h6,9-10H,4-5,7H2,1-3H3. The molecular formula is C10H18. The van der Waals surface area contributed by atoms with Crippen molar-refractivity contribution in [3.05, 3.63) is 11.6 Å². The minimum Gasteiger partial charge on any atom is -0.0822 e. The first-order valence-electron chi connectivity index (χ1n) is 4.42. The summed E-state index contributed by atoms with van der Waals surface area (Å²) in [6.45, 7) is 6.87. The van der Waals surface area contributed by atoms with E-state index in [0.29, 0.717) is 0 Å². The van der Waals surface area contributed by atoms with E-state index in [1.54, 1.807) is 5.57 Å². The number of rotatable bonds is 2. The summed E-state index contributed by atoms with van der Waals surface area (Å²) in [5.41, 5.74) is 1.61. The molecule has 2 unspecified atom stereocenters. The summed E-state index contributed by atoms with van der Waals surface area (Å²) in [7, 11) is 0. The third-order valence-corrected chi connectivity index (χ3v) is 2.59. The maximum atomic E-state index is 2.47. The summed E-state index contributed by atoms with van der Waals surface area (Å²) in [5.74, 6) is 1.76. The molecule has 0 N–H and O–H groups in total. The molecule has 0 heterocycles. The van der Waals surface area contributed by atoms with Crippen LogP contribution in [0, 0.1) is 11.8 Å². The van der Waals surface area contributed by atoms with E-state index in [9.17, 15) is 0 Å². The van der Waals surface area contributed by atoms with Crippen LogP contribution >= 0.6 is 0 Å². The Morgan fingerprint density at radius 3 is 2.70 bits per heavy atom. The average molecular weight is 138 g/mol. The highest BCUT2D eigenvalue weighted by molar-refractivity contribution is 5.11. The molecule has 0 saturated heterocycles. The molecule has 10 heavy (non-hydrogen) atoms. The first kappa shape index (κ1) is 7.84. The van der Waals surface area contributed by atoms with Crippen molar-refractivity contribution in [2.45, 2.75) is 40.0 Å². The molecule has 1 aliphatic rings. The van der Waals surface area contributed by atoms with Gasteiger partial charge in [-0.25, -0.2) is 0 Å². The second-order valence-corrected chi connectivity index (χ2v) is 3.60. The van der Waals surface area contributed by atoms with Gasteiger partial charge in [-0.2, -0.15) is 0 Å². The van der Waals surface area contributed by atoms with E-state index < -0.39 is 0 Å². The molecule has 0 fully saturated rings. The molecule has 0 aromatic rings. The van der Waals surface area contributed by atoms with Crippen molar-refractivity contribution >= 4 is 0 Å². The summed E-state index contributed by atoms with van der Waals surface area (Å²) in [6.07, 6.45) is 6.59. The Hall–Kier alpha value is -0.260. The summed E-state index contributed by atoms with van der Waals surface area (Å²) in [4.78, 5) is 0. The van der Waals surface area contributed by atoms with Crippen molar-refractivity contribution in [3.63, 3.8) is 0 Å². The fourth-order valence-electron chi connectivity index (χ4n) is 1.82. The molecule has 0 radical (unpaired) electrons. The van der Waals surface area contributed by atoms with Gasteiger partial charge in [-0.05, 0) is 31.6 Å². The van der Waals surface area contributed by atoms with E-state index in [1.165, 1.54) is 19.3 Å². The third kappa shape index (κ3) is 1.62. The van der Waals surface area contributed by atoms with Gasteiger partial charge >= 0.3 is 0 Å². The predicted octanol–water partition coefficient (Wildman–Crippen LogP) is 3.39. The Morgan fingerprint density at radius 2 is 2.30 bits per heavy atom. The highest BCUT2D eigenvalue weighted by Crippen LogP contribution is 2.31. The Balaban J connectivity index is 2.40. The number of hydrogen-bond acceptors (Lipinski definition) is 0. The molecule has 0 spiro atoms. The van der Waals surface area contributed by atoms with Crippen LogP contribution in [0.15, 0.2) is 11.6 Å². The van der Waals surface area contributed by atoms with Gasteiger partial charge in [0.2, 0.25) is 0 Å². The molecule has 0 aromatic carbocycles. The molecule has 2 atom stereocenters. The van der Waals surface area contributed by atoms with Crippen molar-refractivity contribution < 1.29 is 0 Å². The van der Waals surface area contributed by atoms with Gasteiger partial charge in [-0.3, -0.25) is 0 Å². The van der Waals surface area contributed by atoms with E-state index >= 15 is 0 Å². The van der Waals surface area contributed by atoms with Crippen LogP contribution in [0.25, 0.3) is 0 Å². The van der Waals surface area contributed by atoms with E-state index in [4.69, 9.17) is 0 Å². The van der Waals surface area contributed by atoms with Crippen LogP contribution in [0.4, 0.5) is 0 Å². The number of allylic oxidation sites excluding steroid dienone is 2. The maximum Gasteiger partial charge on any atom is -0.0225 e. The van der Waals surface area contributed by atoms with Gasteiger partial charge in [0.15, 0.2) is 0 Å². The molecular weight excluding hydrogens is 120 g/mol. The Bertz CT molecular complexity index is 133. The molecule has 0 saturated carbocycles. The van der Waals surface area contributed by atoms with Crippen molar-refractivity contribution in [1.29, 1.82) is 0 Å². The third-order valence-electron chi connectivity index (χ3n) is 2.59. The normalized spacial score (nSPS) is 32.5. The molecule has 0 aromatic heterocycles. The van der Waals surface area contributed by atoms with E-state index in [-0.39, 0.29) is 0 Å². The topological polar surface area (TPSA) is 0 Å². The predicted molar refractivity (Wildman–Crippen MR) is 45.9 cm³/mol. The number of hydrogen-bond donors (Lipinski definition) is 0. The lowest BCUT2D eigenvalue weighted by Crippen LogP contribution is -1.94. The fraction of sp³-hybridized carbons (Fsp3) is 0.800. The smallest absolute Gasteiger partial charge is 0.0225 e. The van der Waals surface area contributed by atoms with Crippen LogP contribution in [-0.4, -0.2) is 0 Å². The Kier molecular flexibility index (Phi) is 2.53. The van der Waals surface area contributed by atoms with Crippen LogP contribution in [0.1, 0.15) is 40.0 Å².